The van der Waals surface area contributed by atoms with E-state index in [-0.39, 0.29) is 11.6 Å². The van der Waals surface area contributed by atoms with Gasteiger partial charge in [0.05, 0.1) is 6.20 Å². The van der Waals surface area contributed by atoms with E-state index in [1.807, 2.05) is 0 Å². The molecule has 0 saturated carbocycles. The van der Waals surface area contributed by atoms with Crippen molar-refractivity contribution in [2.45, 2.75) is 0 Å². The number of hydrogen-bond acceptors (Lipinski definition) is 4. The quantitative estimate of drug-likeness (QED) is 0.749. The van der Waals surface area contributed by atoms with Gasteiger partial charge in [-0.1, -0.05) is 12.1 Å². The highest BCUT2D eigenvalue weighted by Gasteiger charge is 2.10. The molecule has 0 atom stereocenters. The Labute approximate surface area is 110 Å². The van der Waals surface area contributed by atoms with Crippen molar-refractivity contribution < 1.29 is 4.39 Å². The highest BCUT2D eigenvalue weighted by atomic mass is 79.9. The van der Waals surface area contributed by atoms with E-state index in [0.717, 1.165) is 0 Å². The molecule has 0 amide bonds. The van der Waals surface area contributed by atoms with Crippen LogP contribution in [0.15, 0.2) is 35.1 Å². The standard InChI is InChI=1S/C11H7BrFN5/c12-8-5-18-11(9(14)15-8)16-10(17-18)6-2-1-3-7(13)4-6/h1-5H,(H2,14,15). The highest BCUT2D eigenvalue weighted by Crippen LogP contribution is 2.20. The summed E-state index contributed by atoms with van der Waals surface area (Å²) in [5, 5.41) is 4.23. The van der Waals surface area contributed by atoms with Gasteiger partial charge in [0.1, 0.15) is 10.4 Å². The van der Waals surface area contributed by atoms with E-state index in [1.54, 1.807) is 18.3 Å². The van der Waals surface area contributed by atoms with Crippen LogP contribution in [0.25, 0.3) is 17.0 Å². The van der Waals surface area contributed by atoms with Gasteiger partial charge in [-0.3, -0.25) is 0 Å². The maximum absolute atomic E-state index is 13.1. The number of fused-ring (bicyclic) bond motifs is 1. The highest BCUT2D eigenvalue weighted by molar-refractivity contribution is 9.10. The third-order valence-electron chi connectivity index (χ3n) is 2.40. The fourth-order valence-electron chi connectivity index (χ4n) is 1.63. The lowest BCUT2D eigenvalue weighted by Gasteiger charge is -1.95. The fourth-order valence-corrected chi connectivity index (χ4v) is 2.02. The van der Waals surface area contributed by atoms with Crippen LogP contribution in [0, 0.1) is 5.82 Å². The number of nitrogens with two attached hydrogens (primary N) is 1. The lowest BCUT2D eigenvalue weighted by atomic mass is 10.2. The van der Waals surface area contributed by atoms with Gasteiger partial charge in [-0.15, -0.1) is 5.10 Å². The van der Waals surface area contributed by atoms with Crippen LogP contribution in [0.4, 0.5) is 10.2 Å². The first kappa shape index (κ1) is 11.1. The number of hydrogen-bond donors (Lipinski definition) is 1. The summed E-state index contributed by atoms with van der Waals surface area (Å²) in [5.41, 5.74) is 6.77. The van der Waals surface area contributed by atoms with Crippen LogP contribution in [0.2, 0.25) is 0 Å². The molecule has 0 unspecified atom stereocenters. The second kappa shape index (κ2) is 4.02. The number of anilines is 1. The lowest BCUT2D eigenvalue weighted by Crippen LogP contribution is -1.97. The Morgan fingerprint density at radius 3 is 2.89 bits per heavy atom. The minimum Gasteiger partial charge on any atom is -0.381 e. The molecule has 2 heterocycles. The Balaban J connectivity index is 2.22. The third kappa shape index (κ3) is 1.82. The SMILES string of the molecule is Nc1nc(Br)cn2nc(-c3cccc(F)c3)nc12. The molecular formula is C11H7BrFN5. The van der Waals surface area contributed by atoms with Crippen LogP contribution in [0.5, 0.6) is 0 Å². The number of rotatable bonds is 1. The molecule has 0 bridgehead atoms. The molecule has 0 fully saturated rings. The monoisotopic (exact) mass is 307 g/mol. The first-order chi connectivity index (χ1) is 8.63. The molecule has 3 aromatic rings. The number of benzene rings is 1. The van der Waals surface area contributed by atoms with Crippen LogP contribution in [-0.2, 0) is 0 Å². The summed E-state index contributed by atoms with van der Waals surface area (Å²) >= 11 is 3.22. The molecule has 1 aromatic carbocycles. The summed E-state index contributed by atoms with van der Waals surface area (Å²) in [7, 11) is 0. The van der Waals surface area contributed by atoms with Gasteiger partial charge in [-0.05, 0) is 28.1 Å². The minimum absolute atomic E-state index is 0.263. The van der Waals surface area contributed by atoms with Crippen LogP contribution < -0.4 is 5.73 Å². The van der Waals surface area contributed by atoms with Gasteiger partial charge in [0.2, 0.25) is 0 Å². The average Bonchev–Trinajstić information content (AvgIpc) is 2.73. The largest absolute Gasteiger partial charge is 0.381 e. The summed E-state index contributed by atoms with van der Waals surface area (Å²) in [6, 6.07) is 6.07. The van der Waals surface area contributed by atoms with Gasteiger partial charge in [-0.2, -0.15) is 0 Å². The van der Waals surface area contributed by atoms with Gasteiger partial charge >= 0.3 is 0 Å². The third-order valence-corrected chi connectivity index (χ3v) is 2.78. The van der Waals surface area contributed by atoms with E-state index < -0.39 is 0 Å². The first-order valence-corrected chi connectivity index (χ1v) is 5.87. The Bertz CT molecular complexity index is 739. The Kier molecular flexibility index (Phi) is 2.48. The predicted molar refractivity (Wildman–Crippen MR) is 68.3 cm³/mol. The van der Waals surface area contributed by atoms with Gasteiger partial charge in [0.25, 0.3) is 0 Å². The Hall–Kier alpha value is -2.02. The molecule has 0 radical (unpaired) electrons. The number of nitrogens with zero attached hydrogens (tertiary/aromatic N) is 4. The van der Waals surface area contributed by atoms with E-state index in [0.29, 0.717) is 21.6 Å². The molecule has 0 aliphatic rings. The molecule has 7 heteroatoms. The van der Waals surface area contributed by atoms with Crippen LogP contribution in [0.1, 0.15) is 0 Å². The van der Waals surface area contributed by atoms with Gasteiger partial charge in [-0.25, -0.2) is 18.9 Å². The van der Waals surface area contributed by atoms with E-state index in [9.17, 15) is 4.39 Å². The molecule has 2 N–H and O–H groups in total. The maximum Gasteiger partial charge on any atom is 0.198 e. The van der Waals surface area contributed by atoms with Gasteiger partial charge in [0, 0.05) is 5.56 Å². The second-order valence-electron chi connectivity index (χ2n) is 3.66. The predicted octanol–water partition coefficient (Wildman–Crippen LogP) is 2.28. The summed E-state index contributed by atoms with van der Waals surface area (Å²) in [5.74, 6) is 0.333. The zero-order chi connectivity index (χ0) is 12.7. The van der Waals surface area contributed by atoms with Crippen molar-refractivity contribution in [2.75, 3.05) is 5.73 Å². The van der Waals surface area contributed by atoms with Crippen molar-refractivity contribution in [3.05, 3.63) is 40.9 Å². The minimum atomic E-state index is -0.335. The van der Waals surface area contributed by atoms with Crippen molar-refractivity contribution in [3.63, 3.8) is 0 Å². The molecule has 5 nitrogen and oxygen atoms in total. The molecule has 3 rings (SSSR count). The molecule has 90 valence electrons. The second-order valence-corrected chi connectivity index (χ2v) is 4.48. The van der Waals surface area contributed by atoms with Crippen LogP contribution in [0.3, 0.4) is 0 Å². The van der Waals surface area contributed by atoms with Crippen molar-refractivity contribution >= 4 is 27.4 Å². The molecule has 18 heavy (non-hydrogen) atoms. The van der Waals surface area contributed by atoms with Crippen LogP contribution in [-0.4, -0.2) is 19.6 Å². The topological polar surface area (TPSA) is 69.1 Å². The van der Waals surface area contributed by atoms with E-state index in [4.69, 9.17) is 5.73 Å². The summed E-state index contributed by atoms with van der Waals surface area (Å²) in [4.78, 5) is 8.26. The molecular weight excluding hydrogens is 301 g/mol. The fraction of sp³-hybridized carbons (Fsp3) is 0. The molecule has 0 spiro atoms. The number of halogens is 2. The van der Waals surface area contributed by atoms with E-state index >= 15 is 0 Å². The van der Waals surface area contributed by atoms with E-state index in [2.05, 4.69) is 31.0 Å². The van der Waals surface area contributed by atoms with Gasteiger partial charge in [0.15, 0.2) is 17.3 Å². The normalized spacial score (nSPS) is 11.0. The first-order valence-electron chi connectivity index (χ1n) is 5.08. The summed E-state index contributed by atoms with van der Waals surface area (Å²) < 4.78 is 15.2. The zero-order valence-corrected chi connectivity index (χ0v) is 10.6. The molecule has 0 aliphatic carbocycles. The summed E-state index contributed by atoms with van der Waals surface area (Å²) in [6.07, 6.45) is 1.64. The number of nitrogen functional groups attached to an aromatic ring is 1. The summed E-state index contributed by atoms with van der Waals surface area (Å²) in [6.45, 7) is 0. The zero-order valence-electron chi connectivity index (χ0n) is 9.01. The molecule has 2 aromatic heterocycles. The van der Waals surface area contributed by atoms with Crippen LogP contribution >= 0.6 is 15.9 Å². The Morgan fingerprint density at radius 2 is 2.11 bits per heavy atom. The number of aromatic nitrogens is 4. The van der Waals surface area contributed by atoms with Crippen molar-refractivity contribution in [1.29, 1.82) is 0 Å². The van der Waals surface area contributed by atoms with Gasteiger partial charge < -0.3 is 5.73 Å². The van der Waals surface area contributed by atoms with Crippen molar-refractivity contribution in [1.82, 2.24) is 19.6 Å². The average molecular weight is 308 g/mol. The maximum atomic E-state index is 13.1. The Morgan fingerprint density at radius 1 is 1.28 bits per heavy atom. The molecule has 0 aliphatic heterocycles. The smallest absolute Gasteiger partial charge is 0.198 e. The molecule has 0 saturated heterocycles. The lowest BCUT2D eigenvalue weighted by molar-refractivity contribution is 0.628. The van der Waals surface area contributed by atoms with Crippen molar-refractivity contribution in [3.8, 4) is 11.4 Å². The van der Waals surface area contributed by atoms with E-state index in [1.165, 1.54) is 16.6 Å². The van der Waals surface area contributed by atoms with Crippen molar-refractivity contribution in [2.24, 2.45) is 0 Å².